The van der Waals surface area contributed by atoms with Crippen LogP contribution in [0.15, 0.2) is 24.3 Å². The van der Waals surface area contributed by atoms with E-state index in [1.165, 1.54) is 43.4 Å². The molecule has 0 atom stereocenters. The number of aromatic nitrogens is 1. The van der Waals surface area contributed by atoms with Gasteiger partial charge in [0.05, 0.1) is 5.56 Å². The summed E-state index contributed by atoms with van der Waals surface area (Å²) in [6.45, 7) is 7.38. The molecular weight excluding hydrogens is 320 g/mol. The zero-order valence-corrected chi connectivity index (χ0v) is 16.5. The van der Waals surface area contributed by atoms with Gasteiger partial charge in [0.1, 0.15) is 0 Å². The first-order valence-electron chi connectivity index (χ1n) is 10.1. The number of rotatable bonds is 6. The number of amides is 1. The van der Waals surface area contributed by atoms with Crippen LogP contribution in [-0.2, 0) is 13.0 Å². The van der Waals surface area contributed by atoms with Gasteiger partial charge < -0.3 is 10.3 Å². The van der Waals surface area contributed by atoms with E-state index in [1.54, 1.807) is 0 Å². The molecule has 1 amide bonds. The third-order valence-corrected chi connectivity index (χ3v) is 5.87. The lowest BCUT2D eigenvalue weighted by atomic mass is 9.89. The molecular formula is C23H32N2O. The van der Waals surface area contributed by atoms with Crippen LogP contribution in [0.25, 0.3) is 11.1 Å². The largest absolute Gasteiger partial charge is 0.366 e. The standard InChI is InChI=1S/C23H32N2O/c1-4-8-20-22(19-13-11-16(2)12-14-19)21(23(24)26)17(3)25(20)15-18-9-6-5-7-10-18/h11-14,18H,4-10,15H2,1-3H3,(H2,24,26). The van der Waals surface area contributed by atoms with E-state index in [9.17, 15) is 4.79 Å². The van der Waals surface area contributed by atoms with Crippen molar-refractivity contribution in [2.45, 2.75) is 72.3 Å². The van der Waals surface area contributed by atoms with Crippen LogP contribution in [0, 0.1) is 19.8 Å². The lowest BCUT2D eigenvalue weighted by molar-refractivity contribution is 0.1000. The fourth-order valence-electron chi connectivity index (χ4n) is 4.50. The number of benzene rings is 1. The molecule has 26 heavy (non-hydrogen) atoms. The summed E-state index contributed by atoms with van der Waals surface area (Å²) in [5, 5.41) is 0. The number of carbonyl (C=O) groups excluding carboxylic acids is 1. The average molecular weight is 353 g/mol. The first kappa shape index (κ1) is 18.8. The second-order valence-corrected chi connectivity index (χ2v) is 7.88. The molecule has 0 aliphatic heterocycles. The molecule has 1 fully saturated rings. The Labute approximate surface area is 157 Å². The molecule has 1 saturated carbocycles. The predicted octanol–water partition coefficient (Wildman–Crippen LogP) is 5.40. The van der Waals surface area contributed by atoms with Crippen molar-refractivity contribution in [1.29, 1.82) is 0 Å². The van der Waals surface area contributed by atoms with E-state index >= 15 is 0 Å². The van der Waals surface area contributed by atoms with Crippen LogP contribution >= 0.6 is 0 Å². The van der Waals surface area contributed by atoms with Crippen molar-refractivity contribution in [2.24, 2.45) is 11.7 Å². The van der Waals surface area contributed by atoms with E-state index in [0.717, 1.165) is 42.1 Å². The topological polar surface area (TPSA) is 48.0 Å². The smallest absolute Gasteiger partial charge is 0.251 e. The minimum absolute atomic E-state index is 0.308. The quantitative estimate of drug-likeness (QED) is 0.743. The molecule has 1 aliphatic carbocycles. The van der Waals surface area contributed by atoms with E-state index in [2.05, 4.69) is 49.6 Å². The van der Waals surface area contributed by atoms with Crippen molar-refractivity contribution in [3.05, 3.63) is 46.8 Å². The van der Waals surface area contributed by atoms with Gasteiger partial charge in [0.2, 0.25) is 0 Å². The zero-order valence-electron chi connectivity index (χ0n) is 16.5. The Hall–Kier alpha value is -2.03. The van der Waals surface area contributed by atoms with Gasteiger partial charge >= 0.3 is 0 Å². The Morgan fingerprint density at radius 1 is 1.12 bits per heavy atom. The maximum absolute atomic E-state index is 12.4. The molecule has 2 N–H and O–H groups in total. The van der Waals surface area contributed by atoms with Crippen molar-refractivity contribution < 1.29 is 4.79 Å². The van der Waals surface area contributed by atoms with Gasteiger partial charge in [-0.2, -0.15) is 0 Å². The van der Waals surface area contributed by atoms with Crippen molar-refractivity contribution in [1.82, 2.24) is 4.57 Å². The predicted molar refractivity (Wildman–Crippen MR) is 108 cm³/mol. The fraction of sp³-hybridized carbons (Fsp3) is 0.522. The molecule has 0 spiro atoms. The third kappa shape index (κ3) is 3.72. The summed E-state index contributed by atoms with van der Waals surface area (Å²) in [5.41, 5.74) is 12.3. The van der Waals surface area contributed by atoms with Crippen LogP contribution < -0.4 is 5.73 Å². The van der Waals surface area contributed by atoms with Gasteiger partial charge in [-0.1, -0.05) is 62.4 Å². The minimum atomic E-state index is -0.308. The Morgan fingerprint density at radius 2 is 1.77 bits per heavy atom. The number of nitrogens with zero attached hydrogens (tertiary/aromatic N) is 1. The van der Waals surface area contributed by atoms with Crippen LogP contribution in [0.3, 0.4) is 0 Å². The highest BCUT2D eigenvalue weighted by atomic mass is 16.1. The summed E-state index contributed by atoms with van der Waals surface area (Å²) >= 11 is 0. The van der Waals surface area contributed by atoms with Gasteiger partial charge in [-0.15, -0.1) is 0 Å². The van der Waals surface area contributed by atoms with E-state index in [-0.39, 0.29) is 5.91 Å². The van der Waals surface area contributed by atoms with Crippen LogP contribution in [0.4, 0.5) is 0 Å². The number of nitrogens with two attached hydrogens (primary N) is 1. The van der Waals surface area contributed by atoms with Crippen molar-refractivity contribution in [2.75, 3.05) is 0 Å². The molecule has 2 aromatic rings. The van der Waals surface area contributed by atoms with E-state index in [4.69, 9.17) is 5.73 Å². The number of carbonyl (C=O) groups is 1. The van der Waals surface area contributed by atoms with Crippen LogP contribution in [0.2, 0.25) is 0 Å². The molecule has 0 unspecified atom stereocenters. The summed E-state index contributed by atoms with van der Waals surface area (Å²) in [5.74, 6) is 0.412. The molecule has 3 heteroatoms. The fourth-order valence-corrected chi connectivity index (χ4v) is 4.50. The lowest BCUT2D eigenvalue weighted by Gasteiger charge is -2.24. The van der Waals surface area contributed by atoms with Gasteiger partial charge in [0.15, 0.2) is 0 Å². The molecule has 3 nitrogen and oxygen atoms in total. The molecule has 1 aromatic heterocycles. The van der Waals surface area contributed by atoms with Gasteiger partial charge in [-0.3, -0.25) is 4.79 Å². The third-order valence-electron chi connectivity index (χ3n) is 5.87. The molecule has 140 valence electrons. The minimum Gasteiger partial charge on any atom is -0.366 e. The number of aryl methyl sites for hydroxylation is 1. The first-order valence-corrected chi connectivity index (χ1v) is 10.1. The van der Waals surface area contributed by atoms with Crippen LogP contribution in [-0.4, -0.2) is 10.5 Å². The van der Waals surface area contributed by atoms with Gasteiger partial charge in [-0.25, -0.2) is 0 Å². The number of primary amides is 1. The van der Waals surface area contributed by atoms with Gasteiger partial charge in [0, 0.05) is 23.5 Å². The summed E-state index contributed by atoms with van der Waals surface area (Å²) in [6, 6.07) is 8.48. The lowest BCUT2D eigenvalue weighted by Crippen LogP contribution is -2.18. The molecule has 3 rings (SSSR count). The summed E-state index contributed by atoms with van der Waals surface area (Å²) in [4.78, 5) is 12.4. The Kier molecular flexibility index (Phi) is 5.85. The first-order chi connectivity index (χ1) is 12.5. The Balaban J connectivity index is 2.12. The molecule has 0 saturated heterocycles. The van der Waals surface area contributed by atoms with Crippen molar-refractivity contribution in [3.8, 4) is 11.1 Å². The average Bonchev–Trinajstić information content (AvgIpc) is 2.90. The summed E-state index contributed by atoms with van der Waals surface area (Å²) < 4.78 is 2.41. The van der Waals surface area contributed by atoms with Gasteiger partial charge in [-0.05, 0) is 44.6 Å². The zero-order chi connectivity index (χ0) is 18.7. The van der Waals surface area contributed by atoms with Crippen LogP contribution in [0.5, 0.6) is 0 Å². The second-order valence-electron chi connectivity index (χ2n) is 7.88. The monoisotopic (exact) mass is 352 g/mol. The maximum atomic E-state index is 12.4. The maximum Gasteiger partial charge on any atom is 0.251 e. The van der Waals surface area contributed by atoms with Gasteiger partial charge in [0.25, 0.3) is 5.91 Å². The van der Waals surface area contributed by atoms with Crippen molar-refractivity contribution >= 4 is 5.91 Å². The molecule has 1 aliphatic rings. The second kappa shape index (κ2) is 8.11. The molecule has 1 aromatic carbocycles. The number of hydrogen-bond acceptors (Lipinski definition) is 1. The number of hydrogen-bond donors (Lipinski definition) is 1. The highest BCUT2D eigenvalue weighted by Crippen LogP contribution is 2.36. The molecule has 1 heterocycles. The van der Waals surface area contributed by atoms with E-state index in [0.29, 0.717) is 5.56 Å². The SMILES string of the molecule is CCCc1c(-c2ccc(C)cc2)c(C(N)=O)c(C)n1CC1CCCCC1. The van der Waals surface area contributed by atoms with Crippen molar-refractivity contribution in [3.63, 3.8) is 0 Å². The van der Waals surface area contributed by atoms with E-state index in [1.807, 2.05) is 0 Å². The highest BCUT2D eigenvalue weighted by Gasteiger charge is 2.26. The summed E-state index contributed by atoms with van der Waals surface area (Å²) in [6.07, 6.45) is 8.67. The normalized spacial score (nSPS) is 15.3. The molecule has 0 radical (unpaired) electrons. The van der Waals surface area contributed by atoms with E-state index < -0.39 is 0 Å². The summed E-state index contributed by atoms with van der Waals surface area (Å²) in [7, 11) is 0. The Bertz CT molecular complexity index is 764. The molecule has 0 bridgehead atoms. The Morgan fingerprint density at radius 3 is 2.35 bits per heavy atom. The van der Waals surface area contributed by atoms with Crippen LogP contribution in [0.1, 0.15) is 72.8 Å². The highest BCUT2D eigenvalue weighted by molar-refractivity contribution is 6.02.